The highest BCUT2D eigenvalue weighted by Crippen LogP contribution is 2.39. The van der Waals surface area contributed by atoms with E-state index in [4.69, 9.17) is 11.6 Å². The summed E-state index contributed by atoms with van der Waals surface area (Å²) in [6, 6.07) is 20.8. The molecule has 0 aliphatic carbocycles. The molecule has 8 nitrogen and oxygen atoms in total. The maximum Gasteiger partial charge on any atom is 0.271 e. The van der Waals surface area contributed by atoms with Crippen LogP contribution in [0.1, 0.15) is 32.4 Å². The smallest absolute Gasteiger partial charge is 0.271 e. The van der Waals surface area contributed by atoms with Gasteiger partial charge in [-0.1, -0.05) is 54.1 Å². The summed E-state index contributed by atoms with van der Waals surface area (Å²) in [5.74, 6) is 0.0461. The summed E-state index contributed by atoms with van der Waals surface area (Å²) in [7, 11) is 0. The fourth-order valence-electron chi connectivity index (χ4n) is 3.45. The van der Waals surface area contributed by atoms with E-state index in [2.05, 4.69) is 10.5 Å². The molecule has 34 heavy (non-hydrogen) atoms. The fourth-order valence-corrected chi connectivity index (χ4v) is 4.80. The first kappa shape index (κ1) is 23.5. The lowest BCUT2D eigenvalue weighted by molar-refractivity contribution is -0.384. The molecular weight excluding hydrogens is 476 g/mol. The number of rotatable bonds is 7. The Morgan fingerprint density at radius 3 is 2.62 bits per heavy atom. The van der Waals surface area contributed by atoms with Crippen LogP contribution in [0.25, 0.3) is 0 Å². The maximum absolute atomic E-state index is 12.4. The lowest BCUT2D eigenvalue weighted by Crippen LogP contribution is -2.27. The van der Waals surface area contributed by atoms with E-state index in [0.717, 1.165) is 11.1 Å². The minimum Gasteiger partial charge on any atom is -0.322 e. The van der Waals surface area contributed by atoms with Gasteiger partial charge in [0.05, 0.1) is 16.9 Å². The normalized spacial score (nSPS) is 15.6. The molecule has 1 atom stereocenters. The van der Waals surface area contributed by atoms with Crippen molar-refractivity contribution in [2.75, 3.05) is 5.75 Å². The van der Waals surface area contributed by atoms with Crippen molar-refractivity contribution in [3.8, 4) is 0 Å². The van der Waals surface area contributed by atoms with Gasteiger partial charge >= 0.3 is 0 Å². The molecule has 1 saturated heterocycles. The Labute approximate surface area is 204 Å². The predicted octanol–water partition coefficient (Wildman–Crippen LogP) is 4.79. The number of carbonyl (C=O) groups is 2. The van der Waals surface area contributed by atoms with Crippen LogP contribution in [-0.4, -0.2) is 33.6 Å². The van der Waals surface area contributed by atoms with Gasteiger partial charge in [-0.15, -0.1) is 11.8 Å². The molecule has 0 bridgehead atoms. The number of nitro groups is 1. The summed E-state index contributed by atoms with van der Waals surface area (Å²) < 4.78 is 0. The fraction of sp³-hybridized carbons (Fsp3) is 0.125. The van der Waals surface area contributed by atoms with Crippen LogP contribution >= 0.6 is 23.4 Å². The first-order valence-corrected chi connectivity index (χ1v) is 11.7. The number of nitrogens with one attached hydrogen (secondary N) is 1. The number of thioether (sulfide) groups is 1. The Kier molecular flexibility index (Phi) is 7.24. The van der Waals surface area contributed by atoms with Crippen LogP contribution in [0.15, 0.2) is 77.9 Å². The summed E-state index contributed by atoms with van der Waals surface area (Å²) in [5.41, 5.74) is 4.95. The van der Waals surface area contributed by atoms with Gasteiger partial charge in [0.1, 0.15) is 5.37 Å². The van der Waals surface area contributed by atoms with Crippen molar-refractivity contribution in [3.05, 3.63) is 110 Å². The van der Waals surface area contributed by atoms with Crippen LogP contribution in [0.3, 0.4) is 0 Å². The summed E-state index contributed by atoms with van der Waals surface area (Å²) >= 11 is 7.58. The third-order valence-corrected chi connectivity index (χ3v) is 6.78. The molecule has 2 amide bonds. The van der Waals surface area contributed by atoms with Crippen LogP contribution in [0.5, 0.6) is 0 Å². The molecule has 3 aromatic carbocycles. The molecular formula is C24H19ClN4O4S. The Balaban J connectivity index is 1.41. The van der Waals surface area contributed by atoms with Gasteiger partial charge < -0.3 is 4.90 Å². The molecule has 0 aromatic heterocycles. The molecule has 4 rings (SSSR count). The largest absolute Gasteiger partial charge is 0.322 e. The lowest BCUT2D eigenvalue weighted by Gasteiger charge is -2.24. The van der Waals surface area contributed by atoms with Gasteiger partial charge in [0.25, 0.3) is 11.6 Å². The average molecular weight is 495 g/mol. The Morgan fingerprint density at radius 1 is 1.18 bits per heavy atom. The number of nitrogens with zero attached hydrogens (tertiary/aromatic N) is 3. The number of amides is 2. The molecule has 1 aliphatic rings. The van der Waals surface area contributed by atoms with Gasteiger partial charge in [0, 0.05) is 34.8 Å². The topological polar surface area (TPSA) is 105 Å². The summed E-state index contributed by atoms with van der Waals surface area (Å²) in [4.78, 5) is 37.1. The number of hydrazone groups is 1. The minimum atomic E-state index is -0.537. The minimum absolute atomic E-state index is 0.0785. The van der Waals surface area contributed by atoms with Gasteiger partial charge in [0.15, 0.2) is 0 Å². The maximum atomic E-state index is 12.4. The third kappa shape index (κ3) is 5.44. The molecule has 10 heteroatoms. The van der Waals surface area contributed by atoms with E-state index in [9.17, 15) is 19.7 Å². The highest BCUT2D eigenvalue weighted by Gasteiger charge is 2.32. The van der Waals surface area contributed by atoms with E-state index < -0.39 is 10.8 Å². The van der Waals surface area contributed by atoms with E-state index in [-0.39, 0.29) is 22.0 Å². The first-order chi connectivity index (χ1) is 16.4. The number of hydrogen-bond donors (Lipinski definition) is 1. The SMILES string of the molecule is O=C(N/N=C\c1cc([N+](=O)[O-])ccc1Cl)c1ccc([C@@H]2SCC(=O)N2Cc2ccccc2)cc1. The Hall–Kier alpha value is -3.69. The van der Waals surface area contributed by atoms with Crippen molar-refractivity contribution in [2.24, 2.45) is 5.10 Å². The lowest BCUT2D eigenvalue weighted by atomic mass is 10.1. The Bertz CT molecular complexity index is 1250. The van der Waals surface area contributed by atoms with E-state index in [1.807, 2.05) is 47.4 Å². The number of hydrogen-bond acceptors (Lipinski definition) is 6. The number of halogens is 1. The van der Waals surface area contributed by atoms with Crippen molar-refractivity contribution in [3.63, 3.8) is 0 Å². The second kappa shape index (κ2) is 10.5. The van der Waals surface area contributed by atoms with Crippen LogP contribution in [0, 0.1) is 10.1 Å². The highest BCUT2D eigenvalue weighted by molar-refractivity contribution is 8.00. The second-order valence-electron chi connectivity index (χ2n) is 7.45. The third-order valence-electron chi connectivity index (χ3n) is 5.18. The van der Waals surface area contributed by atoms with Gasteiger partial charge in [-0.2, -0.15) is 5.10 Å². The Morgan fingerprint density at radius 2 is 1.91 bits per heavy atom. The van der Waals surface area contributed by atoms with Crippen LogP contribution < -0.4 is 5.43 Å². The monoisotopic (exact) mass is 494 g/mol. The van der Waals surface area contributed by atoms with E-state index in [0.29, 0.717) is 23.4 Å². The first-order valence-electron chi connectivity index (χ1n) is 10.2. The zero-order valence-electron chi connectivity index (χ0n) is 17.8. The quantitative estimate of drug-likeness (QED) is 0.289. The summed E-state index contributed by atoms with van der Waals surface area (Å²) in [6.07, 6.45) is 1.25. The van der Waals surface area contributed by atoms with Gasteiger partial charge in [0.2, 0.25) is 5.91 Å². The van der Waals surface area contributed by atoms with E-state index in [1.54, 1.807) is 23.9 Å². The highest BCUT2D eigenvalue weighted by atomic mass is 35.5. The standard InChI is InChI=1S/C24H19ClN4O4S/c25-21-11-10-20(29(32)33)12-19(21)13-26-27-23(31)17-6-8-18(9-7-17)24-28(22(30)15-34-24)14-16-4-2-1-3-5-16/h1-13,24H,14-15H2,(H,27,31)/b26-13-/t24-/m0/s1. The van der Waals surface area contributed by atoms with Gasteiger partial charge in [-0.25, -0.2) is 5.43 Å². The van der Waals surface area contributed by atoms with E-state index in [1.165, 1.54) is 24.4 Å². The number of carbonyl (C=O) groups excluding carboxylic acids is 2. The van der Waals surface area contributed by atoms with Crippen molar-refractivity contribution < 1.29 is 14.5 Å². The van der Waals surface area contributed by atoms with Crippen LogP contribution in [0.2, 0.25) is 5.02 Å². The van der Waals surface area contributed by atoms with Crippen LogP contribution in [0.4, 0.5) is 5.69 Å². The zero-order chi connectivity index (χ0) is 24.1. The van der Waals surface area contributed by atoms with Crippen molar-refractivity contribution in [1.82, 2.24) is 10.3 Å². The molecule has 0 unspecified atom stereocenters. The molecule has 1 fully saturated rings. The molecule has 0 spiro atoms. The van der Waals surface area contributed by atoms with Gasteiger partial charge in [-0.05, 0) is 29.3 Å². The molecule has 172 valence electrons. The summed E-state index contributed by atoms with van der Waals surface area (Å²) in [5, 5.41) is 14.9. The number of non-ortho nitro benzene ring substituents is 1. The molecule has 0 saturated carbocycles. The molecule has 1 heterocycles. The molecule has 1 N–H and O–H groups in total. The van der Waals surface area contributed by atoms with Crippen LogP contribution in [-0.2, 0) is 11.3 Å². The molecule has 1 aliphatic heterocycles. The number of benzene rings is 3. The van der Waals surface area contributed by atoms with Crippen molar-refractivity contribution in [2.45, 2.75) is 11.9 Å². The number of nitro benzene ring substituents is 1. The van der Waals surface area contributed by atoms with Crippen molar-refractivity contribution >= 4 is 47.1 Å². The predicted molar refractivity (Wildman–Crippen MR) is 132 cm³/mol. The molecule has 3 aromatic rings. The van der Waals surface area contributed by atoms with E-state index >= 15 is 0 Å². The molecule has 0 radical (unpaired) electrons. The van der Waals surface area contributed by atoms with Crippen molar-refractivity contribution in [1.29, 1.82) is 0 Å². The average Bonchev–Trinajstić information content (AvgIpc) is 3.20. The van der Waals surface area contributed by atoms with Gasteiger partial charge in [-0.3, -0.25) is 19.7 Å². The second-order valence-corrected chi connectivity index (χ2v) is 8.93. The summed E-state index contributed by atoms with van der Waals surface area (Å²) in [6.45, 7) is 0.522. The zero-order valence-corrected chi connectivity index (χ0v) is 19.3.